The number of nitrogens with one attached hydrogen (secondary N) is 2. The molecule has 142 valence electrons. The number of halogens is 1. The number of urea groups is 1. The number of amides is 2. The number of carbonyl (C=O) groups is 1. The van der Waals surface area contributed by atoms with Crippen LogP contribution in [0.3, 0.4) is 0 Å². The lowest BCUT2D eigenvalue weighted by atomic mass is 10.2. The number of aromatic nitrogens is 2. The molecule has 9 heteroatoms. The molecular weight excluding hydrogens is 360 g/mol. The zero-order chi connectivity index (χ0) is 19.3. The number of nitrogens with zero attached hydrogens (tertiary/aromatic N) is 2. The summed E-state index contributed by atoms with van der Waals surface area (Å²) in [5.74, 6) is 1.38. The molecule has 0 aliphatic carbocycles. The van der Waals surface area contributed by atoms with Crippen LogP contribution >= 0.6 is 11.6 Å². The lowest BCUT2D eigenvalue weighted by Gasteiger charge is -2.15. The SMILES string of the molecule is COc1cc(NC(=O)NCCn2nc(C)c(Cl)c2C)cc(OC)c1OC. The van der Waals surface area contributed by atoms with E-state index in [0.29, 0.717) is 41.0 Å². The minimum Gasteiger partial charge on any atom is -0.493 e. The highest BCUT2D eigenvalue weighted by atomic mass is 35.5. The van der Waals surface area contributed by atoms with Crippen LogP contribution in [0.2, 0.25) is 5.02 Å². The predicted octanol–water partition coefficient (Wildman–Crippen LogP) is 3.00. The highest BCUT2D eigenvalue weighted by Gasteiger charge is 2.14. The Morgan fingerprint density at radius 3 is 2.23 bits per heavy atom. The molecule has 0 saturated carbocycles. The van der Waals surface area contributed by atoms with E-state index in [4.69, 9.17) is 25.8 Å². The van der Waals surface area contributed by atoms with Gasteiger partial charge in [-0.25, -0.2) is 4.79 Å². The molecule has 1 aromatic carbocycles. The van der Waals surface area contributed by atoms with Crippen molar-refractivity contribution in [2.24, 2.45) is 0 Å². The fraction of sp³-hybridized carbons (Fsp3) is 0.412. The van der Waals surface area contributed by atoms with Crippen LogP contribution in [0.1, 0.15) is 11.4 Å². The second kappa shape index (κ2) is 8.66. The number of aryl methyl sites for hydroxylation is 1. The summed E-state index contributed by atoms with van der Waals surface area (Å²) in [7, 11) is 4.55. The molecule has 2 amide bonds. The monoisotopic (exact) mass is 382 g/mol. The first kappa shape index (κ1) is 19.7. The summed E-state index contributed by atoms with van der Waals surface area (Å²) in [6.45, 7) is 4.64. The van der Waals surface area contributed by atoms with Gasteiger partial charge in [0.05, 0.1) is 50.0 Å². The van der Waals surface area contributed by atoms with Gasteiger partial charge in [-0.2, -0.15) is 5.10 Å². The molecule has 0 bridgehead atoms. The topological polar surface area (TPSA) is 86.6 Å². The number of ether oxygens (including phenoxy) is 3. The third kappa shape index (κ3) is 4.32. The number of hydrogen-bond donors (Lipinski definition) is 2. The maximum absolute atomic E-state index is 12.1. The second-order valence-corrected chi connectivity index (χ2v) is 5.88. The summed E-state index contributed by atoms with van der Waals surface area (Å²) >= 11 is 6.11. The first-order valence-corrected chi connectivity index (χ1v) is 8.33. The fourth-order valence-electron chi connectivity index (χ4n) is 2.50. The van der Waals surface area contributed by atoms with Crippen molar-refractivity contribution in [3.05, 3.63) is 28.5 Å². The van der Waals surface area contributed by atoms with Crippen LogP contribution in [0, 0.1) is 13.8 Å². The van der Waals surface area contributed by atoms with Gasteiger partial charge in [0.2, 0.25) is 5.75 Å². The summed E-state index contributed by atoms with van der Waals surface area (Å²) in [6.07, 6.45) is 0. The maximum Gasteiger partial charge on any atom is 0.319 e. The van der Waals surface area contributed by atoms with Gasteiger partial charge in [-0.15, -0.1) is 0 Å². The molecule has 0 fully saturated rings. The minimum absolute atomic E-state index is 0.355. The summed E-state index contributed by atoms with van der Waals surface area (Å²) in [6, 6.07) is 2.95. The van der Waals surface area contributed by atoms with E-state index >= 15 is 0 Å². The molecule has 0 unspecified atom stereocenters. The van der Waals surface area contributed by atoms with Gasteiger partial charge in [-0.1, -0.05) is 11.6 Å². The first-order chi connectivity index (χ1) is 12.4. The van der Waals surface area contributed by atoms with Gasteiger partial charge in [0, 0.05) is 18.7 Å². The molecule has 2 rings (SSSR count). The van der Waals surface area contributed by atoms with Crippen LogP contribution in [0.25, 0.3) is 0 Å². The summed E-state index contributed by atoms with van der Waals surface area (Å²) in [5.41, 5.74) is 2.16. The zero-order valence-electron chi connectivity index (χ0n) is 15.5. The predicted molar refractivity (Wildman–Crippen MR) is 99.8 cm³/mol. The minimum atomic E-state index is -0.355. The van der Waals surface area contributed by atoms with Crippen molar-refractivity contribution in [3.8, 4) is 17.2 Å². The Balaban J connectivity index is 1.98. The highest BCUT2D eigenvalue weighted by Crippen LogP contribution is 2.39. The molecule has 0 aliphatic heterocycles. The second-order valence-electron chi connectivity index (χ2n) is 5.50. The quantitative estimate of drug-likeness (QED) is 0.768. The van der Waals surface area contributed by atoms with Gasteiger partial charge < -0.3 is 24.8 Å². The fourth-order valence-corrected chi connectivity index (χ4v) is 2.63. The lowest BCUT2D eigenvalue weighted by molar-refractivity contribution is 0.251. The molecule has 8 nitrogen and oxygen atoms in total. The Morgan fingerprint density at radius 2 is 1.77 bits per heavy atom. The molecule has 0 spiro atoms. The molecule has 26 heavy (non-hydrogen) atoms. The van der Waals surface area contributed by atoms with Gasteiger partial charge in [0.1, 0.15) is 0 Å². The van der Waals surface area contributed by atoms with E-state index in [1.807, 2.05) is 13.8 Å². The summed E-state index contributed by atoms with van der Waals surface area (Å²) in [5, 5.41) is 10.5. The molecule has 0 saturated heterocycles. The Morgan fingerprint density at radius 1 is 1.15 bits per heavy atom. The van der Waals surface area contributed by atoms with Crippen LogP contribution in [0.5, 0.6) is 17.2 Å². The Kier molecular flexibility index (Phi) is 6.57. The Labute approximate surface area is 157 Å². The first-order valence-electron chi connectivity index (χ1n) is 7.95. The van der Waals surface area contributed by atoms with Crippen LogP contribution in [0.15, 0.2) is 12.1 Å². The van der Waals surface area contributed by atoms with Gasteiger partial charge in [0.15, 0.2) is 11.5 Å². The number of anilines is 1. The van der Waals surface area contributed by atoms with Crippen LogP contribution in [-0.2, 0) is 6.54 Å². The Hall–Kier alpha value is -2.61. The van der Waals surface area contributed by atoms with Crippen LogP contribution in [-0.4, -0.2) is 43.7 Å². The normalized spacial score (nSPS) is 10.4. The van der Waals surface area contributed by atoms with Crippen molar-refractivity contribution in [3.63, 3.8) is 0 Å². The van der Waals surface area contributed by atoms with Crippen molar-refractivity contribution < 1.29 is 19.0 Å². The van der Waals surface area contributed by atoms with Crippen molar-refractivity contribution in [1.82, 2.24) is 15.1 Å². The summed E-state index contributed by atoms with van der Waals surface area (Å²) < 4.78 is 17.5. The average molecular weight is 383 g/mol. The number of benzene rings is 1. The molecule has 2 aromatic rings. The van der Waals surface area contributed by atoms with E-state index < -0.39 is 0 Å². The van der Waals surface area contributed by atoms with Gasteiger partial charge >= 0.3 is 6.03 Å². The van der Waals surface area contributed by atoms with Gasteiger partial charge in [0.25, 0.3) is 0 Å². The third-order valence-electron chi connectivity index (χ3n) is 3.82. The van der Waals surface area contributed by atoms with Crippen LogP contribution < -0.4 is 24.8 Å². The Bertz CT molecular complexity index is 766. The van der Waals surface area contributed by atoms with E-state index in [1.54, 1.807) is 16.8 Å². The van der Waals surface area contributed by atoms with E-state index in [9.17, 15) is 4.79 Å². The smallest absolute Gasteiger partial charge is 0.319 e. The highest BCUT2D eigenvalue weighted by molar-refractivity contribution is 6.31. The van der Waals surface area contributed by atoms with Crippen LogP contribution in [0.4, 0.5) is 10.5 Å². The van der Waals surface area contributed by atoms with E-state index in [0.717, 1.165) is 11.4 Å². The molecule has 1 aromatic heterocycles. The number of hydrogen-bond acceptors (Lipinski definition) is 5. The lowest BCUT2D eigenvalue weighted by Crippen LogP contribution is -2.31. The molecule has 0 radical (unpaired) electrons. The molecular formula is C17H23ClN4O4. The zero-order valence-corrected chi connectivity index (χ0v) is 16.2. The van der Waals surface area contributed by atoms with E-state index in [2.05, 4.69) is 15.7 Å². The maximum atomic E-state index is 12.1. The van der Waals surface area contributed by atoms with Gasteiger partial charge in [-0.3, -0.25) is 4.68 Å². The largest absolute Gasteiger partial charge is 0.493 e. The number of methoxy groups -OCH3 is 3. The standard InChI is InChI=1S/C17H23ClN4O4/c1-10-15(18)11(2)22(21-10)7-6-19-17(23)20-12-8-13(24-3)16(26-5)14(9-12)25-4/h8-9H,6-7H2,1-5H3,(H2,19,20,23). The van der Waals surface area contributed by atoms with E-state index in [1.165, 1.54) is 21.3 Å². The average Bonchev–Trinajstić information content (AvgIpc) is 2.87. The molecule has 0 atom stereocenters. The number of carbonyl (C=O) groups excluding carboxylic acids is 1. The van der Waals surface area contributed by atoms with Crippen molar-refractivity contribution in [2.45, 2.75) is 20.4 Å². The number of rotatable bonds is 7. The van der Waals surface area contributed by atoms with Crippen molar-refractivity contribution in [1.29, 1.82) is 0 Å². The van der Waals surface area contributed by atoms with E-state index in [-0.39, 0.29) is 6.03 Å². The molecule has 0 aliphatic rings. The third-order valence-corrected chi connectivity index (χ3v) is 4.37. The summed E-state index contributed by atoms with van der Waals surface area (Å²) in [4.78, 5) is 12.1. The van der Waals surface area contributed by atoms with Crippen molar-refractivity contribution >= 4 is 23.3 Å². The van der Waals surface area contributed by atoms with Gasteiger partial charge in [-0.05, 0) is 13.8 Å². The van der Waals surface area contributed by atoms with Crippen molar-refractivity contribution in [2.75, 3.05) is 33.2 Å². The molecule has 2 N–H and O–H groups in total. The molecule has 1 heterocycles.